The second-order valence-electron chi connectivity index (χ2n) is 4.44. The highest BCUT2D eigenvalue weighted by atomic mass is 35.5. The standard InChI is InChI=1S/C13H15ClO3/c14-11-5-10(3-4-13(15)16)6-12(7-11)17-8-9-1-2-9/h5-7,9H,1-4,8H2,(H,15,16). The van der Waals surface area contributed by atoms with Crippen LogP contribution in [0.4, 0.5) is 0 Å². The second-order valence-corrected chi connectivity index (χ2v) is 4.88. The Bertz CT molecular complexity index is 413. The van der Waals surface area contributed by atoms with E-state index in [1.54, 1.807) is 12.1 Å². The maximum atomic E-state index is 10.5. The molecule has 1 aliphatic carbocycles. The largest absolute Gasteiger partial charge is 0.493 e. The van der Waals surface area contributed by atoms with Gasteiger partial charge in [-0.3, -0.25) is 4.79 Å². The molecule has 3 nitrogen and oxygen atoms in total. The van der Waals surface area contributed by atoms with E-state index in [1.165, 1.54) is 12.8 Å². The maximum Gasteiger partial charge on any atom is 0.303 e. The van der Waals surface area contributed by atoms with Crippen molar-refractivity contribution in [3.63, 3.8) is 0 Å². The number of hydrogen-bond donors (Lipinski definition) is 1. The van der Waals surface area contributed by atoms with Crippen molar-refractivity contribution in [3.8, 4) is 5.75 Å². The summed E-state index contributed by atoms with van der Waals surface area (Å²) in [6.45, 7) is 0.735. The van der Waals surface area contributed by atoms with Gasteiger partial charge in [-0.1, -0.05) is 11.6 Å². The van der Waals surface area contributed by atoms with Crippen LogP contribution in [0.1, 0.15) is 24.8 Å². The number of rotatable bonds is 6. The third kappa shape index (κ3) is 4.27. The van der Waals surface area contributed by atoms with Crippen LogP contribution < -0.4 is 4.74 Å². The number of aliphatic carboxylic acids is 1. The molecule has 1 N–H and O–H groups in total. The minimum atomic E-state index is -0.801. The summed E-state index contributed by atoms with van der Waals surface area (Å²) in [5, 5.41) is 9.23. The highest BCUT2D eigenvalue weighted by Crippen LogP contribution is 2.30. The Kier molecular flexibility index (Phi) is 3.89. The van der Waals surface area contributed by atoms with E-state index < -0.39 is 5.97 Å². The Hall–Kier alpha value is -1.22. The number of carbonyl (C=O) groups is 1. The van der Waals surface area contributed by atoms with Crippen molar-refractivity contribution < 1.29 is 14.6 Å². The van der Waals surface area contributed by atoms with Gasteiger partial charge < -0.3 is 9.84 Å². The fourth-order valence-corrected chi connectivity index (χ4v) is 1.85. The van der Waals surface area contributed by atoms with E-state index in [9.17, 15) is 4.79 Å². The Balaban J connectivity index is 1.97. The van der Waals surface area contributed by atoms with Gasteiger partial charge in [-0.05, 0) is 48.9 Å². The van der Waals surface area contributed by atoms with Crippen molar-refractivity contribution in [2.24, 2.45) is 5.92 Å². The first-order valence-electron chi connectivity index (χ1n) is 5.77. The molecule has 2 rings (SSSR count). The summed E-state index contributed by atoms with van der Waals surface area (Å²) >= 11 is 5.97. The van der Waals surface area contributed by atoms with E-state index in [4.69, 9.17) is 21.4 Å². The lowest BCUT2D eigenvalue weighted by molar-refractivity contribution is -0.136. The van der Waals surface area contributed by atoms with Gasteiger partial charge in [-0.25, -0.2) is 0 Å². The number of carboxylic acid groups (broad SMARTS) is 1. The molecular formula is C13H15ClO3. The number of benzene rings is 1. The quantitative estimate of drug-likeness (QED) is 0.848. The monoisotopic (exact) mass is 254 g/mol. The molecule has 0 spiro atoms. The lowest BCUT2D eigenvalue weighted by Crippen LogP contribution is -2.01. The summed E-state index contributed by atoms with van der Waals surface area (Å²) in [5.41, 5.74) is 0.908. The third-order valence-electron chi connectivity index (χ3n) is 2.74. The SMILES string of the molecule is O=C(O)CCc1cc(Cl)cc(OCC2CC2)c1. The fraction of sp³-hybridized carbons (Fsp3) is 0.462. The topological polar surface area (TPSA) is 46.5 Å². The molecule has 1 saturated carbocycles. The predicted octanol–water partition coefficient (Wildman–Crippen LogP) is 3.15. The van der Waals surface area contributed by atoms with Crippen molar-refractivity contribution in [2.45, 2.75) is 25.7 Å². The van der Waals surface area contributed by atoms with Gasteiger partial charge in [0.25, 0.3) is 0 Å². The lowest BCUT2D eigenvalue weighted by atomic mass is 10.1. The first-order valence-corrected chi connectivity index (χ1v) is 6.15. The number of hydrogen-bond acceptors (Lipinski definition) is 2. The van der Waals surface area contributed by atoms with Crippen molar-refractivity contribution >= 4 is 17.6 Å². The van der Waals surface area contributed by atoms with Crippen LogP contribution in [-0.4, -0.2) is 17.7 Å². The normalized spacial score (nSPS) is 14.6. The summed E-state index contributed by atoms with van der Waals surface area (Å²) in [4.78, 5) is 10.5. The minimum Gasteiger partial charge on any atom is -0.493 e. The number of aryl methyl sites for hydroxylation is 1. The summed E-state index contributed by atoms with van der Waals surface area (Å²) in [6.07, 6.45) is 3.08. The zero-order chi connectivity index (χ0) is 12.3. The Morgan fingerprint density at radius 3 is 2.82 bits per heavy atom. The van der Waals surface area contributed by atoms with E-state index in [0.29, 0.717) is 17.4 Å². The van der Waals surface area contributed by atoms with Gasteiger partial charge in [-0.15, -0.1) is 0 Å². The van der Waals surface area contributed by atoms with Crippen LogP contribution in [0.2, 0.25) is 5.02 Å². The molecule has 1 fully saturated rings. The van der Waals surface area contributed by atoms with Crippen LogP contribution in [0.3, 0.4) is 0 Å². The Morgan fingerprint density at radius 2 is 2.18 bits per heavy atom. The molecule has 0 aromatic heterocycles. The highest BCUT2D eigenvalue weighted by Gasteiger charge is 2.21. The maximum absolute atomic E-state index is 10.5. The van der Waals surface area contributed by atoms with Crippen molar-refractivity contribution in [1.82, 2.24) is 0 Å². The summed E-state index contributed by atoms with van der Waals surface area (Å²) in [5.74, 6) is 0.631. The molecular weight excluding hydrogens is 240 g/mol. The summed E-state index contributed by atoms with van der Waals surface area (Å²) < 4.78 is 5.63. The molecule has 0 unspecified atom stereocenters. The van der Waals surface area contributed by atoms with Gasteiger partial charge in [0.1, 0.15) is 5.75 Å². The number of halogens is 1. The van der Waals surface area contributed by atoms with Crippen molar-refractivity contribution in [1.29, 1.82) is 0 Å². The molecule has 17 heavy (non-hydrogen) atoms. The van der Waals surface area contributed by atoms with Crippen LogP contribution in [0.15, 0.2) is 18.2 Å². The zero-order valence-electron chi connectivity index (χ0n) is 9.49. The average Bonchev–Trinajstić information content (AvgIpc) is 3.07. The molecule has 92 valence electrons. The summed E-state index contributed by atoms with van der Waals surface area (Å²) in [6, 6.07) is 5.43. The van der Waals surface area contributed by atoms with Crippen LogP contribution in [0.5, 0.6) is 5.75 Å². The number of carboxylic acids is 1. The minimum absolute atomic E-state index is 0.113. The van der Waals surface area contributed by atoms with Crippen LogP contribution in [0.25, 0.3) is 0 Å². The molecule has 1 aromatic rings. The predicted molar refractivity (Wildman–Crippen MR) is 65.6 cm³/mol. The molecule has 0 amide bonds. The fourth-order valence-electron chi connectivity index (χ4n) is 1.60. The molecule has 0 saturated heterocycles. The highest BCUT2D eigenvalue weighted by molar-refractivity contribution is 6.30. The molecule has 0 radical (unpaired) electrons. The van der Waals surface area contributed by atoms with Gasteiger partial charge in [0.2, 0.25) is 0 Å². The molecule has 4 heteroatoms. The Labute approximate surface area is 105 Å². The van der Waals surface area contributed by atoms with E-state index in [2.05, 4.69) is 0 Å². The smallest absolute Gasteiger partial charge is 0.303 e. The van der Waals surface area contributed by atoms with E-state index >= 15 is 0 Å². The average molecular weight is 255 g/mol. The molecule has 0 heterocycles. The first-order chi connectivity index (χ1) is 8.13. The van der Waals surface area contributed by atoms with Gasteiger partial charge in [0, 0.05) is 11.4 Å². The third-order valence-corrected chi connectivity index (χ3v) is 2.96. The zero-order valence-corrected chi connectivity index (χ0v) is 10.2. The van der Waals surface area contributed by atoms with Gasteiger partial charge >= 0.3 is 5.97 Å². The van der Waals surface area contributed by atoms with E-state index in [1.807, 2.05) is 6.07 Å². The van der Waals surface area contributed by atoms with Crippen molar-refractivity contribution in [3.05, 3.63) is 28.8 Å². The lowest BCUT2D eigenvalue weighted by Gasteiger charge is -2.08. The molecule has 0 bridgehead atoms. The van der Waals surface area contributed by atoms with Crippen LogP contribution in [0, 0.1) is 5.92 Å². The second kappa shape index (κ2) is 5.41. The van der Waals surface area contributed by atoms with Gasteiger partial charge in [-0.2, -0.15) is 0 Å². The van der Waals surface area contributed by atoms with Crippen molar-refractivity contribution in [2.75, 3.05) is 6.61 Å². The Morgan fingerprint density at radius 1 is 1.41 bits per heavy atom. The molecule has 1 aromatic carbocycles. The van der Waals surface area contributed by atoms with Crippen LogP contribution in [-0.2, 0) is 11.2 Å². The molecule has 1 aliphatic rings. The van der Waals surface area contributed by atoms with Gasteiger partial charge in [0.05, 0.1) is 6.61 Å². The molecule has 0 atom stereocenters. The first kappa shape index (κ1) is 12.2. The summed E-state index contributed by atoms with van der Waals surface area (Å²) in [7, 11) is 0. The molecule has 0 aliphatic heterocycles. The van der Waals surface area contributed by atoms with E-state index in [0.717, 1.165) is 17.9 Å². The van der Waals surface area contributed by atoms with E-state index in [-0.39, 0.29) is 6.42 Å². The van der Waals surface area contributed by atoms with Crippen LogP contribution >= 0.6 is 11.6 Å². The number of ether oxygens (including phenoxy) is 1. The van der Waals surface area contributed by atoms with Gasteiger partial charge in [0.15, 0.2) is 0 Å².